The maximum atomic E-state index is 13.9. The second-order valence-corrected chi connectivity index (χ2v) is 12.8. The predicted molar refractivity (Wildman–Crippen MR) is 187 cm³/mol. The van der Waals surface area contributed by atoms with Crippen molar-refractivity contribution in [2.24, 2.45) is 0 Å². The van der Waals surface area contributed by atoms with E-state index in [-0.39, 0.29) is 18.7 Å². The van der Waals surface area contributed by atoms with Crippen molar-refractivity contribution in [2.45, 2.75) is 124 Å². The van der Waals surface area contributed by atoms with Gasteiger partial charge in [-0.3, -0.25) is 9.59 Å². The van der Waals surface area contributed by atoms with Crippen molar-refractivity contribution >= 4 is 41.2 Å². The van der Waals surface area contributed by atoms with Gasteiger partial charge in [0.25, 0.3) is 5.91 Å². The van der Waals surface area contributed by atoms with Crippen LogP contribution in [0.3, 0.4) is 0 Å². The van der Waals surface area contributed by atoms with Crippen LogP contribution >= 0.6 is 23.1 Å². The van der Waals surface area contributed by atoms with Gasteiger partial charge >= 0.3 is 0 Å². The molecule has 1 saturated carbocycles. The van der Waals surface area contributed by atoms with E-state index in [0.717, 1.165) is 24.9 Å². The summed E-state index contributed by atoms with van der Waals surface area (Å²) < 4.78 is 13.3. The van der Waals surface area contributed by atoms with Gasteiger partial charge in [-0.25, -0.2) is 9.37 Å². The number of thioether (sulfide) groups is 1. The van der Waals surface area contributed by atoms with E-state index in [2.05, 4.69) is 47.7 Å². The number of carbonyl (C=O) groups excluding carboxylic acids is 3. The van der Waals surface area contributed by atoms with Crippen LogP contribution < -0.4 is 10.6 Å². The molecule has 1 aromatic carbocycles. The number of halogens is 1. The van der Waals surface area contributed by atoms with Crippen LogP contribution in [0.25, 0.3) is 10.4 Å². The Balaban J connectivity index is 0.000000741. The van der Waals surface area contributed by atoms with Gasteiger partial charge in [-0.05, 0) is 83.4 Å². The van der Waals surface area contributed by atoms with Crippen LogP contribution in [0.2, 0.25) is 0 Å². The molecule has 2 N–H and O–H groups in total. The Bertz CT molecular complexity index is 1150. The summed E-state index contributed by atoms with van der Waals surface area (Å²) in [5.74, 6) is -1.01. The summed E-state index contributed by atoms with van der Waals surface area (Å²) in [6.45, 7) is 21.3. The number of nitrogens with zero attached hydrogens (tertiary/aromatic N) is 2. The first-order valence-corrected chi connectivity index (χ1v) is 18.0. The Hall–Kier alpha value is -2.30. The molecule has 0 radical (unpaired) electrons. The van der Waals surface area contributed by atoms with Gasteiger partial charge in [0.2, 0.25) is 5.91 Å². The molecule has 2 unspecified atom stereocenters. The summed E-state index contributed by atoms with van der Waals surface area (Å²) >= 11 is 3.13. The quantitative estimate of drug-likeness (QED) is 0.272. The van der Waals surface area contributed by atoms with E-state index in [1.165, 1.54) is 38.2 Å². The maximum Gasteiger partial charge on any atom is 0.258 e. The summed E-state index contributed by atoms with van der Waals surface area (Å²) in [5.41, 5.74) is 5.17. The Morgan fingerprint density at radius 1 is 1.18 bits per heavy atom. The predicted octanol–water partition coefficient (Wildman–Crippen LogP) is 7.53. The van der Waals surface area contributed by atoms with Crippen LogP contribution in [-0.4, -0.2) is 70.3 Å². The minimum Gasteiger partial charge on any atom is -0.340 e. The van der Waals surface area contributed by atoms with Gasteiger partial charge < -0.3 is 20.3 Å². The van der Waals surface area contributed by atoms with Crippen LogP contribution in [0.15, 0.2) is 23.7 Å². The van der Waals surface area contributed by atoms with Crippen LogP contribution in [-0.2, 0) is 20.9 Å². The number of rotatable bonds is 9. The van der Waals surface area contributed by atoms with Crippen molar-refractivity contribution in [3.8, 4) is 10.4 Å². The molecule has 2 aliphatic rings. The molecule has 1 aromatic heterocycles. The molecule has 250 valence electrons. The summed E-state index contributed by atoms with van der Waals surface area (Å²) in [4.78, 5) is 43.0. The zero-order chi connectivity index (χ0) is 34.1. The molecule has 44 heavy (non-hydrogen) atoms. The topological polar surface area (TPSA) is 91.4 Å². The number of carbonyl (C=O) groups is 3. The number of thiazole rings is 1. The molecule has 1 aliphatic carbocycles. The number of hydrogen-bond donors (Lipinski definition) is 2. The second-order valence-electron chi connectivity index (χ2n) is 10.5. The van der Waals surface area contributed by atoms with E-state index in [9.17, 15) is 18.8 Å². The third-order valence-electron chi connectivity index (χ3n) is 7.30. The Labute approximate surface area is 274 Å². The fraction of sp³-hybridized carbons (Fsp3) is 0.647. The lowest BCUT2D eigenvalue weighted by atomic mass is 10.0. The molecule has 2 heterocycles. The Morgan fingerprint density at radius 2 is 1.80 bits per heavy atom. The number of aromatic nitrogens is 1. The molecule has 0 bridgehead atoms. The number of benzene rings is 1. The average Bonchev–Trinajstić information content (AvgIpc) is 3.41. The number of nitrogens with one attached hydrogen (secondary N) is 2. The van der Waals surface area contributed by atoms with Crippen LogP contribution in [0.5, 0.6) is 0 Å². The zero-order valence-corrected chi connectivity index (χ0v) is 30.7. The van der Waals surface area contributed by atoms with E-state index >= 15 is 0 Å². The van der Waals surface area contributed by atoms with Gasteiger partial charge in [0.15, 0.2) is 5.67 Å². The SMILES string of the molecule is CC.CC.CC.CNCc1ccc(-c2scnc2C)cc1C.CSC(C)(C)C(NC(=O)C1(F)CC1)C(=O)N1CCCC1C=O. The summed E-state index contributed by atoms with van der Waals surface area (Å²) in [6.07, 6.45) is 4.44. The fourth-order valence-corrected chi connectivity index (χ4v) is 5.62. The summed E-state index contributed by atoms with van der Waals surface area (Å²) in [7, 11) is 1.97. The molecule has 0 spiro atoms. The zero-order valence-electron chi connectivity index (χ0n) is 29.1. The smallest absolute Gasteiger partial charge is 0.258 e. The molecule has 2 atom stereocenters. The first-order valence-electron chi connectivity index (χ1n) is 15.9. The van der Waals surface area contributed by atoms with Gasteiger partial charge in [-0.15, -0.1) is 11.3 Å². The maximum absolute atomic E-state index is 13.9. The van der Waals surface area contributed by atoms with Gasteiger partial charge in [-0.1, -0.05) is 59.7 Å². The molecule has 7 nitrogen and oxygen atoms in total. The Kier molecular flexibility index (Phi) is 19.6. The first-order chi connectivity index (χ1) is 21.0. The average molecular weight is 653 g/mol. The highest BCUT2D eigenvalue weighted by Gasteiger charge is 2.53. The molecular formula is C34H57FN4O3S2. The number of aldehydes is 1. The lowest BCUT2D eigenvalue weighted by Gasteiger charge is -2.36. The van der Waals surface area contributed by atoms with Crippen molar-refractivity contribution in [3.63, 3.8) is 0 Å². The van der Waals surface area contributed by atoms with Crippen molar-refractivity contribution in [3.05, 3.63) is 40.5 Å². The van der Waals surface area contributed by atoms with Crippen LogP contribution in [0.1, 0.15) is 97.9 Å². The molecule has 1 aliphatic heterocycles. The van der Waals surface area contributed by atoms with Crippen molar-refractivity contribution in [1.82, 2.24) is 20.5 Å². The fourth-order valence-electron chi connectivity index (χ4n) is 4.43. The van der Waals surface area contributed by atoms with Crippen molar-refractivity contribution < 1.29 is 18.8 Å². The normalized spacial score (nSPS) is 16.7. The van der Waals surface area contributed by atoms with Gasteiger partial charge in [0.1, 0.15) is 12.3 Å². The highest BCUT2D eigenvalue weighted by molar-refractivity contribution is 8.00. The van der Waals surface area contributed by atoms with E-state index in [0.29, 0.717) is 13.0 Å². The molecule has 2 aromatic rings. The van der Waals surface area contributed by atoms with Gasteiger partial charge in [0.05, 0.1) is 22.1 Å². The standard InChI is InChI=1S/C15H23FN2O3S.C13H16N2S.3C2H6/c1-14(2,22-3)11(17-13(21)15(16)6-7-15)12(20)18-8-4-5-10(18)9-19;1-9-6-11(4-5-12(9)7-14-3)13-10(2)15-8-16-13;3*1-2/h9-11H,4-8H2,1-3H3,(H,17,21);4-6,8,14H,7H2,1-3H3;3*1-2H3. The highest BCUT2D eigenvalue weighted by Crippen LogP contribution is 2.40. The number of likely N-dealkylation sites (tertiary alicyclic amines) is 1. The molecular weight excluding hydrogens is 596 g/mol. The number of hydrogen-bond acceptors (Lipinski definition) is 7. The molecule has 2 amide bonds. The largest absolute Gasteiger partial charge is 0.340 e. The third kappa shape index (κ3) is 11.6. The third-order valence-corrected chi connectivity index (χ3v) is 9.56. The molecule has 10 heteroatoms. The van der Waals surface area contributed by atoms with Gasteiger partial charge in [0, 0.05) is 17.8 Å². The van der Waals surface area contributed by atoms with E-state index < -0.39 is 28.4 Å². The number of aryl methyl sites for hydroxylation is 2. The minimum absolute atomic E-state index is 0.208. The van der Waals surface area contributed by atoms with E-state index in [1.807, 2.05) is 74.2 Å². The highest BCUT2D eigenvalue weighted by atomic mass is 32.2. The monoisotopic (exact) mass is 652 g/mol. The lowest BCUT2D eigenvalue weighted by Crippen LogP contribution is -2.59. The molecule has 4 rings (SSSR count). The molecule has 2 fully saturated rings. The minimum atomic E-state index is -1.82. The van der Waals surface area contributed by atoms with Crippen LogP contribution in [0.4, 0.5) is 4.39 Å². The number of amides is 2. The first kappa shape index (κ1) is 41.7. The Morgan fingerprint density at radius 3 is 2.25 bits per heavy atom. The summed E-state index contributed by atoms with van der Waals surface area (Å²) in [6, 6.07) is 5.34. The summed E-state index contributed by atoms with van der Waals surface area (Å²) in [5, 5.41) is 5.77. The second kappa shape index (κ2) is 20.7. The van der Waals surface area contributed by atoms with E-state index in [1.54, 1.807) is 11.3 Å². The molecule has 1 saturated heterocycles. The van der Waals surface area contributed by atoms with Crippen molar-refractivity contribution in [1.29, 1.82) is 0 Å². The van der Waals surface area contributed by atoms with E-state index in [4.69, 9.17) is 0 Å². The van der Waals surface area contributed by atoms with Crippen molar-refractivity contribution in [2.75, 3.05) is 19.8 Å². The lowest BCUT2D eigenvalue weighted by molar-refractivity contribution is -0.140. The number of alkyl halides is 1. The van der Waals surface area contributed by atoms with Crippen LogP contribution in [0, 0.1) is 13.8 Å². The van der Waals surface area contributed by atoms with Gasteiger partial charge in [-0.2, -0.15) is 11.8 Å².